The van der Waals surface area contributed by atoms with Crippen molar-refractivity contribution < 1.29 is 4.79 Å². The van der Waals surface area contributed by atoms with Crippen molar-refractivity contribution >= 4 is 29.1 Å². The van der Waals surface area contributed by atoms with Crippen LogP contribution in [0.3, 0.4) is 0 Å². The van der Waals surface area contributed by atoms with Crippen molar-refractivity contribution in [3.63, 3.8) is 0 Å². The van der Waals surface area contributed by atoms with Gasteiger partial charge in [0.15, 0.2) is 0 Å². The first-order valence-electron chi connectivity index (χ1n) is 5.36. The number of carbonyl (C=O) groups excluding carboxylic acids is 1. The zero-order valence-electron chi connectivity index (χ0n) is 10.2. The van der Waals surface area contributed by atoms with Gasteiger partial charge in [-0.15, -0.1) is 0 Å². The molecule has 1 unspecified atom stereocenters. The number of thiocarbonyl (C=S) groups is 1. The van der Waals surface area contributed by atoms with E-state index in [1.54, 1.807) is 0 Å². The van der Waals surface area contributed by atoms with Crippen LogP contribution in [-0.4, -0.2) is 20.9 Å². The Kier molecular flexibility index (Phi) is 4.51. The molecule has 1 atom stereocenters. The Morgan fingerprint density at radius 3 is 2.41 bits per heavy atom. The summed E-state index contributed by atoms with van der Waals surface area (Å²) in [6.07, 6.45) is 0.561. The van der Waals surface area contributed by atoms with Crippen molar-refractivity contribution in [3.8, 4) is 0 Å². The molecule has 17 heavy (non-hydrogen) atoms. The summed E-state index contributed by atoms with van der Waals surface area (Å²) in [6.45, 7) is 5.54. The first kappa shape index (κ1) is 13.5. The second-order valence-corrected chi connectivity index (χ2v) is 4.30. The van der Waals surface area contributed by atoms with Crippen molar-refractivity contribution in [1.82, 2.24) is 9.97 Å². The quantitative estimate of drug-likeness (QED) is 0.790. The van der Waals surface area contributed by atoms with Gasteiger partial charge >= 0.3 is 0 Å². The standard InChI is InChI=1S/C11H16N4OS/c1-4-8(9(12)17)10(16)15-11-13-6(2)5-7(3)14-11/h5,8H,4H2,1-3H3,(H2,12,17)(H,13,14,15,16). The van der Waals surface area contributed by atoms with E-state index in [0.717, 1.165) is 11.4 Å². The van der Waals surface area contributed by atoms with Crippen molar-refractivity contribution in [3.05, 3.63) is 17.5 Å². The number of nitrogens with two attached hydrogens (primary N) is 1. The fourth-order valence-corrected chi connectivity index (χ4v) is 1.77. The van der Waals surface area contributed by atoms with Crippen molar-refractivity contribution in [2.75, 3.05) is 5.32 Å². The first-order valence-corrected chi connectivity index (χ1v) is 5.77. The van der Waals surface area contributed by atoms with E-state index in [0.29, 0.717) is 12.4 Å². The summed E-state index contributed by atoms with van der Waals surface area (Å²) in [7, 11) is 0. The third-order valence-electron chi connectivity index (χ3n) is 2.29. The van der Waals surface area contributed by atoms with Crippen LogP contribution in [0.5, 0.6) is 0 Å². The molecule has 1 amide bonds. The Labute approximate surface area is 106 Å². The molecular formula is C11H16N4OS. The molecule has 0 saturated heterocycles. The third kappa shape index (κ3) is 3.74. The van der Waals surface area contributed by atoms with Crippen molar-refractivity contribution in [1.29, 1.82) is 0 Å². The molecule has 0 fully saturated rings. The van der Waals surface area contributed by atoms with Gasteiger partial charge in [-0.2, -0.15) is 0 Å². The summed E-state index contributed by atoms with van der Waals surface area (Å²) in [5, 5.41) is 2.63. The zero-order chi connectivity index (χ0) is 13.0. The molecular weight excluding hydrogens is 236 g/mol. The molecule has 92 valence electrons. The van der Waals surface area contributed by atoms with Crippen molar-refractivity contribution in [2.45, 2.75) is 27.2 Å². The minimum atomic E-state index is -0.477. The number of hydrogen-bond donors (Lipinski definition) is 2. The van der Waals surface area contributed by atoms with Gasteiger partial charge in [0, 0.05) is 11.4 Å². The molecule has 0 aliphatic carbocycles. The van der Waals surface area contributed by atoms with Gasteiger partial charge in [0.25, 0.3) is 0 Å². The Hall–Kier alpha value is -1.56. The Morgan fingerprint density at radius 2 is 2.00 bits per heavy atom. The third-order valence-corrected chi connectivity index (χ3v) is 2.57. The maximum Gasteiger partial charge on any atom is 0.236 e. The molecule has 1 rings (SSSR count). The van der Waals surface area contributed by atoms with E-state index in [1.165, 1.54) is 0 Å². The summed E-state index contributed by atoms with van der Waals surface area (Å²) in [6, 6.07) is 1.83. The molecule has 0 aliphatic heterocycles. The molecule has 0 saturated carbocycles. The molecule has 6 heteroatoms. The zero-order valence-corrected chi connectivity index (χ0v) is 11.0. The highest BCUT2D eigenvalue weighted by molar-refractivity contribution is 7.80. The van der Waals surface area contributed by atoms with Gasteiger partial charge in [0.1, 0.15) is 0 Å². The van der Waals surface area contributed by atoms with Crippen LogP contribution in [0.4, 0.5) is 5.95 Å². The van der Waals surface area contributed by atoms with Crippen molar-refractivity contribution in [2.24, 2.45) is 11.7 Å². The van der Waals surface area contributed by atoms with Crippen LogP contribution >= 0.6 is 12.2 Å². The highest BCUT2D eigenvalue weighted by atomic mass is 32.1. The second-order valence-electron chi connectivity index (χ2n) is 3.83. The lowest BCUT2D eigenvalue weighted by Crippen LogP contribution is -2.33. The maximum atomic E-state index is 11.8. The fourth-order valence-electron chi connectivity index (χ4n) is 1.49. The topological polar surface area (TPSA) is 80.9 Å². The SMILES string of the molecule is CCC(C(=O)Nc1nc(C)cc(C)n1)C(N)=S. The van der Waals surface area contributed by atoms with Gasteiger partial charge < -0.3 is 5.73 Å². The van der Waals surface area contributed by atoms with E-state index in [4.69, 9.17) is 18.0 Å². The molecule has 1 heterocycles. The normalized spacial score (nSPS) is 11.9. The van der Waals surface area contributed by atoms with Crippen LogP contribution in [0, 0.1) is 19.8 Å². The number of nitrogens with zero attached hydrogens (tertiary/aromatic N) is 2. The molecule has 0 radical (unpaired) electrons. The van der Waals surface area contributed by atoms with Gasteiger partial charge in [0.2, 0.25) is 11.9 Å². The number of nitrogens with one attached hydrogen (secondary N) is 1. The van der Waals surface area contributed by atoms with Crippen LogP contribution < -0.4 is 11.1 Å². The lowest BCUT2D eigenvalue weighted by molar-refractivity contribution is -0.118. The van der Waals surface area contributed by atoms with Gasteiger partial charge in [0.05, 0.1) is 10.9 Å². The summed E-state index contributed by atoms with van der Waals surface area (Å²) in [5.74, 6) is -0.443. The Bertz CT molecular complexity index is 427. The minimum absolute atomic E-state index is 0.189. The van der Waals surface area contributed by atoms with Crippen LogP contribution in [0.1, 0.15) is 24.7 Å². The average Bonchev–Trinajstić information content (AvgIpc) is 2.15. The average molecular weight is 252 g/mol. The van der Waals surface area contributed by atoms with Crippen LogP contribution in [0.25, 0.3) is 0 Å². The van der Waals surface area contributed by atoms with E-state index < -0.39 is 5.92 Å². The van der Waals surface area contributed by atoms with Gasteiger partial charge in [-0.3, -0.25) is 10.1 Å². The van der Waals surface area contributed by atoms with Gasteiger partial charge in [-0.05, 0) is 26.3 Å². The molecule has 1 aromatic heterocycles. The van der Waals surface area contributed by atoms with Crippen LogP contribution in [0.2, 0.25) is 0 Å². The van der Waals surface area contributed by atoms with E-state index >= 15 is 0 Å². The summed E-state index contributed by atoms with van der Waals surface area (Å²) in [5.41, 5.74) is 7.10. The van der Waals surface area contributed by atoms with Gasteiger partial charge in [-0.25, -0.2) is 9.97 Å². The highest BCUT2D eigenvalue weighted by Crippen LogP contribution is 2.09. The fraction of sp³-hybridized carbons (Fsp3) is 0.455. The van der Waals surface area contributed by atoms with E-state index in [-0.39, 0.29) is 10.9 Å². The summed E-state index contributed by atoms with van der Waals surface area (Å²) < 4.78 is 0. The highest BCUT2D eigenvalue weighted by Gasteiger charge is 2.20. The smallest absolute Gasteiger partial charge is 0.236 e. The molecule has 0 aliphatic rings. The van der Waals surface area contributed by atoms with Crippen LogP contribution in [0.15, 0.2) is 6.07 Å². The largest absolute Gasteiger partial charge is 0.393 e. The second kappa shape index (κ2) is 5.67. The molecule has 0 spiro atoms. The predicted octanol–water partition coefficient (Wildman–Crippen LogP) is 1.34. The molecule has 0 bridgehead atoms. The number of amides is 1. The molecule has 5 nitrogen and oxygen atoms in total. The predicted molar refractivity (Wildman–Crippen MR) is 70.7 cm³/mol. The lowest BCUT2D eigenvalue weighted by atomic mass is 10.1. The number of aromatic nitrogens is 2. The Balaban J connectivity index is 2.83. The molecule has 0 aromatic carbocycles. The summed E-state index contributed by atoms with van der Waals surface area (Å²) in [4.78, 5) is 20.3. The molecule has 1 aromatic rings. The minimum Gasteiger partial charge on any atom is -0.393 e. The maximum absolute atomic E-state index is 11.8. The lowest BCUT2D eigenvalue weighted by Gasteiger charge is -2.12. The number of carbonyl (C=O) groups is 1. The first-order chi connectivity index (χ1) is 7.93. The number of hydrogen-bond acceptors (Lipinski definition) is 4. The molecule has 3 N–H and O–H groups in total. The monoisotopic (exact) mass is 252 g/mol. The van der Waals surface area contributed by atoms with Gasteiger partial charge in [-0.1, -0.05) is 19.1 Å². The number of rotatable bonds is 4. The van der Waals surface area contributed by atoms with E-state index in [1.807, 2.05) is 26.8 Å². The van der Waals surface area contributed by atoms with Crippen LogP contribution in [-0.2, 0) is 4.79 Å². The Morgan fingerprint density at radius 1 is 1.47 bits per heavy atom. The number of anilines is 1. The van der Waals surface area contributed by atoms with E-state index in [2.05, 4.69) is 15.3 Å². The summed E-state index contributed by atoms with van der Waals surface area (Å²) >= 11 is 4.84. The number of aryl methyl sites for hydroxylation is 2. The van der Waals surface area contributed by atoms with E-state index in [9.17, 15) is 4.79 Å².